The number of aliphatic carboxylic acids is 1. The van der Waals surface area contributed by atoms with Crippen molar-refractivity contribution in [3.05, 3.63) is 28.8 Å². The highest BCUT2D eigenvalue weighted by atomic mass is 35.5. The maximum absolute atomic E-state index is 12.1. The van der Waals surface area contributed by atoms with Crippen LogP contribution in [0.4, 0.5) is 0 Å². The molecule has 0 unspecified atom stereocenters. The molecule has 2 amide bonds. The van der Waals surface area contributed by atoms with Crippen molar-refractivity contribution in [2.75, 3.05) is 6.26 Å². The van der Waals surface area contributed by atoms with E-state index in [1.165, 1.54) is 11.8 Å². The van der Waals surface area contributed by atoms with Gasteiger partial charge in [0.2, 0.25) is 5.91 Å². The Morgan fingerprint density at radius 2 is 2.10 bits per heavy atom. The molecule has 0 saturated carbocycles. The zero-order chi connectivity index (χ0) is 16.0. The van der Waals surface area contributed by atoms with Crippen molar-refractivity contribution in [3.63, 3.8) is 0 Å². The summed E-state index contributed by atoms with van der Waals surface area (Å²) in [6.07, 6.45) is 1.64. The first-order chi connectivity index (χ1) is 9.85. The molecule has 114 valence electrons. The van der Waals surface area contributed by atoms with E-state index in [1.54, 1.807) is 18.2 Å². The Kier molecular flexibility index (Phi) is 6.51. The lowest BCUT2D eigenvalue weighted by atomic mass is 10.1. The van der Waals surface area contributed by atoms with E-state index in [0.717, 1.165) is 4.90 Å². The molecule has 0 aliphatic carbocycles. The number of carboxylic acids is 1. The number of nitrogens with one attached hydrogen (secondary N) is 1. The summed E-state index contributed by atoms with van der Waals surface area (Å²) in [6.45, 7) is 0. The Morgan fingerprint density at radius 1 is 1.43 bits per heavy atom. The van der Waals surface area contributed by atoms with Gasteiger partial charge in [-0.25, -0.2) is 4.79 Å². The predicted octanol–water partition coefficient (Wildman–Crippen LogP) is 1.51. The van der Waals surface area contributed by atoms with E-state index < -0.39 is 23.8 Å². The normalized spacial score (nSPS) is 11.7. The average molecular weight is 331 g/mol. The van der Waals surface area contributed by atoms with E-state index in [4.69, 9.17) is 22.4 Å². The zero-order valence-corrected chi connectivity index (χ0v) is 12.8. The van der Waals surface area contributed by atoms with Crippen LogP contribution in [-0.2, 0) is 9.59 Å². The SMILES string of the molecule is CSc1ccc(Cl)c(C(=O)N[C@@H](CCC(N)=O)C(=O)O)c1. The number of primary amides is 1. The molecule has 0 saturated heterocycles. The summed E-state index contributed by atoms with van der Waals surface area (Å²) in [5.74, 6) is -2.47. The molecule has 1 rings (SSSR count). The fraction of sp³-hybridized carbons (Fsp3) is 0.308. The van der Waals surface area contributed by atoms with Crippen LogP contribution in [0, 0.1) is 0 Å². The van der Waals surface area contributed by atoms with Crippen molar-refractivity contribution in [2.24, 2.45) is 5.73 Å². The zero-order valence-electron chi connectivity index (χ0n) is 11.3. The Balaban J connectivity index is 2.86. The van der Waals surface area contributed by atoms with Crippen molar-refractivity contribution in [1.29, 1.82) is 0 Å². The summed E-state index contributed by atoms with van der Waals surface area (Å²) in [5.41, 5.74) is 5.17. The van der Waals surface area contributed by atoms with Crippen LogP contribution >= 0.6 is 23.4 Å². The maximum atomic E-state index is 12.1. The van der Waals surface area contributed by atoms with E-state index in [9.17, 15) is 14.4 Å². The van der Waals surface area contributed by atoms with Crippen molar-refractivity contribution >= 4 is 41.1 Å². The van der Waals surface area contributed by atoms with Gasteiger partial charge in [-0.15, -0.1) is 11.8 Å². The van der Waals surface area contributed by atoms with Gasteiger partial charge in [0.15, 0.2) is 0 Å². The molecule has 21 heavy (non-hydrogen) atoms. The lowest BCUT2D eigenvalue weighted by Gasteiger charge is -2.14. The minimum Gasteiger partial charge on any atom is -0.480 e. The van der Waals surface area contributed by atoms with E-state index in [1.807, 2.05) is 6.26 Å². The molecule has 0 bridgehead atoms. The first-order valence-corrected chi connectivity index (χ1v) is 7.61. The standard InChI is InChI=1S/C13H15ClN2O4S/c1-21-7-2-3-9(14)8(6-7)12(18)16-10(13(19)20)4-5-11(15)17/h2-3,6,10H,4-5H2,1H3,(H2,15,17)(H,16,18)(H,19,20)/t10-/m0/s1. The Labute approximate surface area is 131 Å². The fourth-order valence-electron chi connectivity index (χ4n) is 1.59. The highest BCUT2D eigenvalue weighted by Gasteiger charge is 2.22. The summed E-state index contributed by atoms with van der Waals surface area (Å²) in [7, 11) is 0. The van der Waals surface area contributed by atoms with E-state index >= 15 is 0 Å². The summed E-state index contributed by atoms with van der Waals surface area (Å²) >= 11 is 7.38. The highest BCUT2D eigenvalue weighted by molar-refractivity contribution is 7.98. The van der Waals surface area contributed by atoms with Gasteiger partial charge in [-0.2, -0.15) is 0 Å². The maximum Gasteiger partial charge on any atom is 0.326 e. The summed E-state index contributed by atoms with van der Waals surface area (Å²) in [4.78, 5) is 34.7. The molecule has 0 fully saturated rings. The predicted molar refractivity (Wildman–Crippen MR) is 80.6 cm³/mol. The molecular weight excluding hydrogens is 316 g/mol. The minimum absolute atomic E-state index is 0.0732. The van der Waals surface area contributed by atoms with Crippen LogP contribution in [0.15, 0.2) is 23.1 Å². The molecule has 1 atom stereocenters. The van der Waals surface area contributed by atoms with Gasteiger partial charge in [0.05, 0.1) is 10.6 Å². The van der Waals surface area contributed by atoms with E-state index in [2.05, 4.69) is 5.32 Å². The number of halogens is 1. The molecule has 8 heteroatoms. The molecule has 6 nitrogen and oxygen atoms in total. The first kappa shape index (κ1) is 17.3. The molecule has 0 aliphatic heterocycles. The van der Waals surface area contributed by atoms with Gasteiger partial charge in [-0.3, -0.25) is 9.59 Å². The number of nitrogens with two attached hydrogens (primary N) is 1. The van der Waals surface area contributed by atoms with Gasteiger partial charge < -0.3 is 16.2 Å². The van der Waals surface area contributed by atoms with Crippen molar-refractivity contribution in [1.82, 2.24) is 5.32 Å². The van der Waals surface area contributed by atoms with Crippen LogP contribution < -0.4 is 11.1 Å². The van der Waals surface area contributed by atoms with Crippen LogP contribution in [-0.4, -0.2) is 35.2 Å². The molecule has 4 N–H and O–H groups in total. The number of hydrogen-bond donors (Lipinski definition) is 3. The molecule has 0 heterocycles. The fourth-order valence-corrected chi connectivity index (χ4v) is 2.23. The molecule has 0 aromatic heterocycles. The molecule has 1 aromatic carbocycles. The second-order valence-electron chi connectivity index (χ2n) is 4.22. The first-order valence-electron chi connectivity index (χ1n) is 6.00. The molecule has 0 aliphatic rings. The van der Waals surface area contributed by atoms with Crippen molar-refractivity contribution in [3.8, 4) is 0 Å². The van der Waals surface area contributed by atoms with Gasteiger partial charge in [0.25, 0.3) is 5.91 Å². The number of carbonyl (C=O) groups is 3. The van der Waals surface area contributed by atoms with Gasteiger partial charge >= 0.3 is 5.97 Å². The second kappa shape index (κ2) is 7.90. The summed E-state index contributed by atoms with van der Waals surface area (Å²) in [5, 5.41) is 11.6. The topological polar surface area (TPSA) is 109 Å². The van der Waals surface area contributed by atoms with Gasteiger partial charge in [-0.1, -0.05) is 11.6 Å². The van der Waals surface area contributed by atoms with Crippen LogP contribution in [0.5, 0.6) is 0 Å². The largest absolute Gasteiger partial charge is 0.480 e. The number of amides is 2. The molecule has 0 spiro atoms. The highest BCUT2D eigenvalue weighted by Crippen LogP contribution is 2.23. The van der Waals surface area contributed by atoms with Crippen LogP contribution in [0.2, 0.25) is 5.02 Å². The second-order valence-corrected chi connectivity index (χ2v) is 5.50. The average Bonchev–Trinajstić information content (AvgIpc) is 2.43. The quantitative estimate of drug-likeness (QED) is 0.656. The lowest BCUT2D eigenvalue weighted by Crippen LogP contribution is -2.41. The summed E-state index contributed by atoms with van der Waals surface area (Å²) < 4.78 is 0. The summed E-state index contributed by atoms with van der Waals surface area (Å²) in [6, 6.07) is 3.71. The third-order valence-electron chi connectivity index (χ3n) is 2.70. The smallest absolute Gasteiger partial charge is 0.326 e. The number of thioether (sulfide) groups is 1. The Hall–Kier alpha value is -1.73. The van der Waals surface area contributed by atoms with Crippen LogP contribution in [0.1, 0.15) is 23.2 Å². The number of carbonyl (C=O) groups excluding carboxylic acids is 2. The third-order valence-corrected chi connectivity index (χ3v) is 3.76. The Morgan fingerprint density at radius 3 is 2.62 bits per heavy atom. The van der Waals surface area contributed by atoms with Crippen molar-refractivity contribution in [2.45, 2.75) is 23.8 Å². The molecule has 0 radical (unpaired) electrons. The number of hydrogen-bond acceptors (Lipinski definition) is 4. The number of carboxylic acid groups (broad SMARTS) is 1. The lowest BCUT2D eigenvalue weighted by molar-refractivity contribution is -0.139. The number of benzene rings is 1. The van der Waals surface area contributed by atoms with Gasteiger partial charge in [0, 0.05) is 11.3 Å². The Bertz CT molecular complexity index is 565. The number of rotatable bonds is 7. The van der Waals surface area contributed by atoms with Crippen LogP contribution in [0.3, 0.4) is 0 Å². The van der Waals surface area contributed by atoms with E-state index in [0.29, 0.717) is 0 Å². The monoisotopic (exact) mass is 330 g/mol. The van der Waals surface area contributed by atoms with Gasteiger partial charge in [0.1, 0.15) is 6.04 Å². The van der Waals surface area contributed by atoms with Gasteiger partial charge in [-0.05, 0) is 30.9 Å². The van der Waals surface area contributed by atoms with E-state index in [-0.39, 0.29) is 23.4 Å². The third kappa shape index (κ3) is 5.28. The van der Waals surface area contributed by atoms with Crippen molar-refractivity contribution < 1.29 is 19.5 Å². The minimum atomic E-state index is -1.23. The molecule has 1 aromatic rings. The van der Waals surface area contributed by atoms with Crippen LogP contribution in [0.25, 0.3) is 0 Å². The molecular formula is C13H15ClN2O4S.